The molecule has 1 rings (SSSR count). The van der Waals surface area contributed by atoms with Gasteiger partial charge in [-0.15, -0.1) is 0 Å². The van der Waals surface area contributed by atoms with E-state index < -0.39 is 10.8 Å². The van der Waals surface area contributed by atoms with Gasteiger partial charge in [-0.05, 0) is 18.2 Å². The predicted octanol–water partition coefficient (Wildman–Crippen LogP) is 1.38. The summed E-state index contributed by atoms with van der Waals surface area (Å²) in [5, 5.41) is 2.63. The Bertz CT molecular complexity index is 349. The van der Waals surface area contributed by atoms with Crippen molar-refractivity contribution in [3.63, 3.8) is 0 Å². The Hall–Kier alpha value is -1.16. The SMILES string of the molecule is CC(=O)Nc1cccc([S@@](C)=O)c1. The molecule has 0 aromatic heterocycles. The minimum Gasteiger partial charge on any atom is -0.326 e. The summed E-state index contributed by atoms with van der Waals surface area (Å²) in [6.45, 7) is 1.44. The Morgan fingerprint density at radius 3 is 2.69 bits per heavy atom. The normalized spacial score (nSPS) is 12.2. The molecule has 70 valence electrons. The number of hydrogen-bond acceptors (Lipinski definition) is 2. The smallest absolute Gasteiger partial charge is 0.221 e. The van der Waals surface area contributed by atoms with Gasteiger partial charge in [0.05, 0.1) is 0 Å². The van der Waals surface area contributed by atoms with Crippen molar-refractivity contribution in [3.8, 4) is 0 Å². The second-order valence-corrected chi connectivity index (χ2v) is 4.04. The largest absolute Gasteiger partial charge is 0.326 e. The molecule has 1 aromatic carbocycles. The van der Waals surface area contributed by atoms with Crippen molar-refractivity contribution >= 4 is 22.4 Å². The maximum absolute atomic E-state index is 11.1. The first-order valence-electron chi connectivity index (χ1n) is 3.80. The molecule has 0 fully saturated rings. The van der Waals surface area contributed by atoms with E-state index in [1.165, 1.54) is 6.92 Å². The van der Waals surface area contributed by atoms with Crippen molar-refractivity contribution in [1.82, 2.24) is 0 Å². The van der Waals surface area contributed by atoms with Crippen LogP contribution in [0.25, 0.3) is 0 Å². The van der Waals surface area contributed by atoms with Crippen molar-refractivity contribution < 1.29 is 9.00 Å². The Labute approximate surface area is 79.6 Å². The van der Waals surface area contributed by atoms with Gasteiger partial charge in [0.25, 0.3) is 0 Å². The van der Waals surface area contributed by atoms with E-state index in [0.717, 1.165) is 0 Å². The van der Waals surface area contributed by atoms with E-state index in [4.69, 9.17) is 0 Å². The van der Waals surface area contributed by atoms with Gasteiger partial charge in [0.15, 0.2) is 0 Å². The number of rotatable bonds is 2. The topological polar surface area (TPSA) is 46.2 Å². The molecule has 1 aromatic rings. The molecule has 0 saturated heterocycles. The Balaban J connectivity index is 2.91. The number of anilines is 1. The van der Waals surface area contributed by atoms with E-state index in [9.17, 15) is 9.00 Å². The Morgan fingerprint density at radius 1 is 1.46 bits per heavy atom. The molecule has 0 aliphatic carbocycles. The first-order chi connectivity index (χ1) is 6.09. The first kappa shape index (κ1) is 9.92. The van der Waals surface area contributed by atoms with E-state index in [-0.39, 0.29) is 5.91 Å². The predicted molar refractivity (Wildman–Crippen MR) is 53.1 cm³/mol. The summed E-state index contributed by atoms with van der Waals surface area (Å²) < 4.78 is 11.1. The highest BCUT2D eigenvalue weighted by molar-refractivity contribution is 7.84. The van der Waals surface area contributed by atoms with Crippen molar-refractivity contribution in [3.05, 3.63) is 24.3 Å². The zero-order chi connectivity index (χ0) is 9.84. The summed E-state index contributed by atoms with van der Waals surface area (Å²) in [7, 11) is -1.01. The van der Waals surface area contributed by atoms with Crippen LogP contribution in [0.4, 0.5) is 5.69 Å². The zero-order valence-corrected chi connectivity index (χ0v) is 8.35. The Morgan fingerprint density at radius 2 is 2.15 bits per heavy atom. The van der Waals surface area contributed by atoms with Crippen LogP contribution in [0.15, 0.2) is 29.2 Å². The molecule has 13 heavy (non-hydrogen) atoms. The highest BCUT2D eigenvalue weighted by Crippen LogP contribution is 2.12. The van der Waals surface area contributed by atoms with Crippen LogP contribution >= 0.6 is 0 Å². The van der Waals surface area contributed by atoms with Gasteiger partial charge in [0.2, 0.25) is 5.91 Å². The Kier molecular flexibility index (Phi) is 3.19. The molecule has 0 unspecified atom stereocenters. The van der Waals surface area contributed by atoms with Crippen LogP contribution in [0, 0.1) is 0 Å². The van der Waals surface area contributed by atoms with E-state index in [1.807, 2.05) is 0 Å². The molecule has 4 heteroatoms. The minimum atomic E-state index is -1.01. The third kappa shape index (κ3) is 2.99. The zero-order valence-electron chi connectivity index (χ0n) is 7.53. The van der Waals surface area contributed by atoms with Gasteiger partial charge in [-0.2, -0.15) is 0 Å². The first-order valence-corrected chi connectivity index (χ1v) is 5.36. The number of carbonyl (C=O) groups excluding carboxylic acids is 1. The fourth-order valence-corrected chi connectivity index (χ4v) is 1.52. The molecule has 0 spiro atoms. The van der Waals surface area contributed by atoms with Crippen molar-refractivity contribution in [1.29, 1.82) is 0 Å². The van der Waals surface area contributed by atoms with Crippen LogP contribution in [0.3, 0.4) is 0 Å². The molecular weight excluding hydrogens is 186 g/mol. The van der Waals surface area contributed by atoms with Gasteiger partial charge in [-0.1, -0.05) is 6.07 Å². The van der Waals surface area contributed by atoms with Gasteiger partial charge in [-0.25, -0.2) is 0 Å². The van der Waals surface area contributed by atoms with Crippen molar-refractivity contribution in [2.75, 3.05) is 11.6 Å². The standard InChI is InChI=1S/C9H11NO2S/c1-7(11)10-8-4-3-5-9(6-8)13(2)12/h3-6H,1-2H3,(H,10,11)/t13-/m1/s1. The lowest BCUT2D eigenvalue weighted by molar-refractivity contribution is -0.114. The maximum Gasteiger partial charge on any atom is 0.221 e. The van der Waals surface area contributed by atoms with Crippen molar-refractivity contribution in [2.45, 2.75) is 11.8 Å². The molecule has 1 N–H and O–H groups in total. The summed E-state index contributed by atoms with van der Waals surface area (Å²) in [4.78, 5) is 11.4. The number of benzene rings is 1. The molecule has 0 heterocycles. The molecule has 0 bridgehead atoms. The number of amides is 1. The summed E-state index contributed by atoms with van der Waals surface area (Å²) in [6.07, 6.45) is 1.60. The number of hydrogen-bond donors (Lipinski definition) is 1. The number of carbonyl (C=O) groups is 1. The molecule has 0 radical (unpaired) electrons. The summed E-state index contributed by atoms with van der Waals surface area (Å²) in [6, 6.07) is 7.00. The third-order valence-corrected chi connectivity index (χ3v) is 2.40. The lowest BCUT2D eigenvalue weighted by Crippen LogP contribution is -2.05. The van der Waals surface area contributed by atoms with E-state index in [0.29, 0.717) is 10.6 Å². The molecule has 3 nitrogen and oxygen atoms in total. The second-order valence-electron chi connectivity index (χ2n) is 2.66. The second kappa shape index (κ2) is 4.18. The highest BCUT2D eigenvalue weighted by Gasteiger charge is 1.99. The molecule has 1 amide bonds. The van der Waals surface area contributed by atoms with Gasteiger partial charge in [0.1, 0.15) is 0 Å². The quantitative estimate of drug-likeness (QED) is 0.778. The summed E-state index contributed by atoms with van der Waals surface area (Å²) in [5.74, 6) is -0.126. The van der Waals surface area contributed by atoms with Crippen LogP contribution in [0.1, 0.15) is 6.92 Å². The minimum absolute atomic E-state index is 0.126. The monoisotopic (exact) mass is 197 g/mol. The van der Waals surface area contributed by atoms with Crippen LogP contribution in [-0.2, 0) is 15.6 Å². The lowest BCUT2D eigenvalue weighted by Gasteiger charge is -2.02. The van der Waals surface area contributed by atoms with E-state index in [1.54, 1.807) is 30.5 Å². The van der Waals surface area contributed by atoms with Crippen LogP contribution in [0.5, 0.6) is 0 Å². The average Bonchev–Trinajstić information content (AvgIpc) is 2.03. The highest BCUT2D eigenvalue weighted by atomic mass is 32.2. The summed E-state index contributed by atoms with van der Waals surface area (Å²) in [5.41, 5.74) is 0.681. The van der Waals surface area contributed by atoms with E-state index in [2.05, 4.69) is 5.32 Å². The molecule has 0 saturated carbocycles. The van der Waals surface area contributed by atoms with Crippen LogP contribution < -0.4 is 5.32 Å². The van der Waals surface area contributed by atoms with Gasteiger partial charge in [-0.3, -0.25) is 9.00 Å². The van der Waals surface area contributed by atoms with Gasteiger partial charge in [0, 0.05) is 34.6 Å². The molecular formula is C9H11NO2S. The van der Waals surface area contributed by atoms with Gasteiger partial charge >= 0.3 is 0 Å². The van der Waals surface area contributed by atoms with Crippen molar-refractivity contribution in [2.24, 2.45) is 0 Å². The fraction of sp³-hybridized carbons (Fsp3) is 0.222. The third-order valence-electron chi connectivity index (χ3n) is 1.49. The van der Waals surface area contributed by atoms with Gasteiger partial charge < -0.3 is 5.32 Å². The molecule has 1 atom stereocenters. The summed E-state index contributed by atoms with van der Waals surface area (Å²) >= 11 is 0. The van der Waals surface area contributed by atoms with Crippen LogP contribution in [0.2, 0.25) is 0 Å². The lowest BCUT2D eigenvalue weighted by atomic mass is 10.3. The van der Waals surface area contributed by atoms with E-state index >= 15 is 0 Å². The number of nitrogens with one attached hydrogen (secondary N) is 1. The molecule has 0 aliphatic heterocycles. The molecule has 0 aliphatic rings. The average molecular weight is 197 g/mol. The maximum atomic E-state index is 11.1. The van der Waals surface area contributed by atoms with Crippen LogP contribution in [-0.4, -0.2) is 16.4 Å². The fourth-order valence-electron chi connectivity index (χ4n) is 0.956.